The zero-order valence-electron chi connectivity index (χ0n) is 13.9. The molecule has 132 valence electrons. The molecule has 0 spiro atoms. The molecule has 2 aliphatic rings. The van der Waals surface area contributed by atoms with E-state index in [1.165, 1.54) is 19.2 Å². The summed E-state index contributed by atoms with van der Waals surface area (Å²) in [5, 5.41) is 17.9. The number of anilines is 2. The van der Waals surface area contributed by atoms with E-state index in [9.17, 15) is 10.1 Å². The normalized spacial score (nSPS) is 22.1. The lowest BCUT2D eigenvalue weighted by Crippen LogP contribution is -2.22. The van der Waals surface area contributed by atoms with Crippen LogP contribution < -0.4 is 10.6 Å². The Bertz CT molecular complexity index is 555. The second-order valence-corrected chi connectivity index (χ2v) is 6.53. The smallest absolute Gasteiger partial charge is 0.353 e. The van der Waals surface area contributed by atoms with E-state index in [4.69, 9.17) is 4.74 Å². The number of hydrogen-bond donors (Lipinski definition) is 2. The summed E-state index contributed by atoms with van der Waals surface area (Å²) in [5.41, 5.74) is -0.0697. The van der Waals surface area contributed by atoms with Gasteiger partial charge in [0.25, 0.3) is 0 Å². The maximum absolute atomic E-state index is 11.6. The molecular weight excluding hydrogens is 310 g/mol. The van der Waals surface area contributed by atoms with Gasteiger partial charge in [0.1, 0.15) is 6.33 Å². The largest absolute Gasteiger partial charge is 0.376 e. The van der Waals surface area contributed by atoms with Crippen LogP contribution in [0.2, 0.25) is 0 Å². The van der Waals surface area contributed by atoms with Crippen LogP contribution in [0.25, 0.3) is 0 Å². The highest BCUT2D eigenvalue weighted by atomic mass is 16.6. The molecule has 24 heavy (non-hydrogen) atoms. The first-order valence-electron chi connectivity index (χ1n) is 8.85. The van der Waals surface area contributed by atoms with E-state index >= 15 is 0 Å². The summed E-state index contributed by atoms with van der Waals surface area (Å²) in [5.74, 6) is 0.582. The molecule has 0 bridgehead atoms. The average Bonchev–Trinajstić information content (AvgIpc) is 2.96. The van der Waals surface area contributed by atoms with Crippen molar-refractivity contribution in [1.82, 2.24) is 9.97 Å². The van der Waals surface area contributed by atoms with Gasteiger partial charge in [0.05, 0.1) is 11.0 Å². The molecule has 8 nitrogen and oxygen atoms in total. The van der Waals surface area contributed by atoms with Crippen molar-refractivity contribution in [2.24, 2.45) is 0 Å². The van der Waals surface area contributed by atoms with E-state index in [0.29, 0.717) is 12.4 Å². The minimum absolute atomic E-state index is 0.0697. The van der Waals surface area contributed by atoms with E-state index in [1.807, 2.05) is 0 Å². The van der Waals surface area contributed by atoms with Crippen LogP contribution in [0.15, 0.2) is 6.33 Å². The van der Waals surface area contributed by atoms with Crippen LogP contribution in [0, 0.1) is 10.1 Å². The highest BCUT2D eigenvalue weighted by Crippen LogP contribution is 2.31. The van der Waals surface area contributed by atoms with Gasteiger partial charge < -0.3 is 15.4 Å². The fourth-order valence-electron chi connectivity index (χ4n) is 3.42. The number of nitrogens with zero attached hydrogens (tertiary/aromatic N) is 3. The fraction of sp³-hybridized carbons (Fsp3) is 0.750. The van der Waals surface area contributed by atoms with E-state index in [2.05, 4.69) is 20.6 Å². The molecule has 1 atom stereocenters. The zero-order chi connectivity index (χ0) is 16.8. The van der Waals surface area contributed by atoms with Crippen LogP contribution in [0.4, 0.5) is 17.3 Å². The van der Waals surface area contributed by atoms with Crippen LogP contribution in [0.3, 0.4) is 0 Å². The molecule has 1 aliphatic heterocycles. The van der Waals surface area contributed by atoms with Gasteiger partial charge in [-0.3, -0.25) is 10.1 Å². The highest BCUT2D eigenvalue weighted by molar-refractivity contribution is 5.69. The molecule has 0 radical (unpaired) electrons. The Labute approximate surface area is 141 Å². The van der Waals surface area contributed by atoms with Gasteiger partial charge >= 0.3 is 5.69 Å². The predicted molar refractivity (Wildman–Crippen MR) is 91.3 cm³/mol. The maximum Gasteiger partial charge on any atom is 0.353 e. The van der Waals surface area contributed by atoms with E-state index in [-0.39, 0.29) is 23.7 Å². The molecule has 0 amide bonds. The standard InChI is InChI=1S/C16H25N5O3/c22-21(23)14-15(17-10-13-8-5-9-24-13)18-11-19-16(14)20-12-6-3-1-2-4-7-12/h11-13H,1-10H2,(H2,17,18,19,20). The lowest BCUT2D eigenvalue weighted by atomic mass is 10.1. The van der Waals surface area contributed by atoms with E-state index in [1.54, 1.807) is 0 Å². The minimum Gasteiger partial charge on any atom is -0.376 e. The Balaban J connectivity index is 1.72. The van der Waals surface area contributed by atoms with E-state index in [0.717, 1.165) is 45.1 Å². The number of hydrogen-bond acceptors (Lipinski definition) is 7. The first kappa shape index (κ1) is 16.9. The summed E-state index contributed by atoms with van der Waals surface area (Å²) < 4.78 is 5.55. The number of rotatable bonds is 6. The predicted octanol–water partition coefficient (Wildman–Crippen LogP) is 3.11. The number of nitrogens with one attached hydrogen (secondary N) is 2. The monoisotopic (exact) mass is 335 g/mol. The molecule has 2 heterocycles. The molecular formula is C16H25N5O3. The molecule has 1 saturated carbocycles. The van der Waals surface area contributed by atoms with Gasteiger partial charge in [-0.15, -0.1) is 0 Å². The molecule has 1 aromatic heterocycles. The van der Waals surface area contributed by atoms with Crippen molar-refractivity contribution < 1.29 is 9.66 Å². The first-order valence-corrected chi connectivity index (χ1v) is 8.85. The third-order valence-electron chi connectivity index (χ3n) is 4.72. The molecule has 1 saturated heterocycles. The molecule has 2 fully saturated rings. The molecule has 3 rings (SSSR count). The van der Waals surface area contributed by atoms with Gasteiger partial charge in [-0.05, 0) is 25.7 Å². The first-order chi connectivity index (χ1) is 11.7. The Morgan fingerprint density at radius 3 is 2.54 bits per heavy atom. The summed E-state index contributed by atoms with van der Waals surface area (Å²) in [6.07, 6.45) is 10.3. The third kappa shape index (κ3) is 4.31. The SMILES string of the molecule is O=[N+]([O-])c1c(NCC2CCCO2)ncnc1NC1CCCCCC1. The third-order valence-corrected chi connectivity index (χ3v) is 4.72. The van der Waals surface area contributed by atoms with Crippen LogP contribution in [-0.4, -0.2) is 40.2 Å². The topological polar surface area (TPSA) is 102 Å². The zero-order valence-corrected chi connectivity index (χ0v) is 13.9. The molecule has 1 aliphatic carbocycles. The van der Waals surface area contributed by atoms with Crippen molar-refractivity contribution in [3.8, 4) is 0 Å². The maximum atomic E-state index is 11.6. The number of ether oxygens (including phenoxy) is 1. The molecule has 0 aromatic carbocycles. The van der Waals surface area contributed by atoms with E-state index < -0.39 is 4.92 Å². The van der Waals surface area contributed by atoms with Gasteiger partial charge in [-0.25, -0.2) is 9.97 Å². The second kappa shape index (κ2) is 8.23. The summed E-state index contributed by atoms with van der Waals surface area (Å²) in [6.45, 7) is 1.29. The number of nitro groups is 1. The van der Waals surface area contributed by atoms with Gasteiger partial charge in [-0.2, -0.15) is 0 Å². The Kier molecular flexibility index (Phi) is 5.79. The van der Waals surface area contributed by atoms with Crippen LogP contribution in [0.1, 0.15) is 51.4 Å². The van der Waals surface area contributed by atoms with Gasteiger partial charge in [0, 0.05) is 19.2 Å². The lowest BCUT2D eigenvalue weighted by Gasteiger charge is -2.18. The van der Waals surface area contributed by atoms with Crippen molar-refractivity contribution in [2.75, 3.05) is 23.8 Å². The van der Waals surface area contributed by atoms with Crippen LogP contribution >= 0.6 is 0 Å². The Morgan fingerprint density at radius 1 is 1.12 bits per heavy atom. The fourth-order valence-corrected chi connectivity index (χ4v) is 3.42. The van der Waals surface area contributed by atoms with Gasteiger partial charge in [0.2, 0.25) is 11.6 Å². The summed E-state index contributed by atoms with van der Waals surface area (Å²) in [6, 6.07) is 0.243. The van der Waals surface area contributed by atoms with Gasteiger partial charge in [0.15, 0.2) is 0 Å². The Morgan fingerprint density at radius 2 is 1.88 bits per heavy atom. The van der Waals surface area contributed by atoms with Crippen LogP contribution in [-0.2, 0) is 4.74 Å². The second-order valence-electron chi connectivity index (χ2n) is 6.53. The molecule has 8 heteroatoms. The minimum atomic E-state index is -0.406. The van der Waals surface area contributed by atoms with Crippen LogP contribution in [0.5, 0.6) is 0 Å². The molecule has 1 unspecified atom stereocenters. The summed E-state index contributed by atoms with van der Waals surface area (Å²) in [7, 11) is 0. The van der Waals surface area contributed by atoms with Gasteiger partial charge in [-0.1, -0.05) is 25.7 Å². The average molecular weight is 335 g/mol. The van der Waals surface area contributed by atoms with Crippen molar-refractivity contribution in [3.05, 3.63) is 16.4 Å². The Hall–Kier alpha value is -1.96. The van der Waals surface area contributed by atoms with Crippen molar-refractivity contribution in [3.63, 3.8) is 0 Å². The summed E-state index contributed by atoms with van der Waals surface area (Å²) >= 11 is 0. The van der Waals surface area contributed by atoms with Crippen molar-refractivity contribution >= 4 is 17.3 Å². The summed E-state index contributed by atoms with van der Waals surface area (Å²) in [4.78, 5) is 19.4. The molecule has 1 aromatic rings. The van der Waals surface area contributed by atoms with Crippen molar-refractivity contribution in [1.29, 1.82) is 0 Å². The number of aromatic nitrogens is 2. The highest BCUT2D eigenvalue weighted by Gasteiger charge is 2.26. The molecule has 2 N–H and O–H groups in total. The van der Waals surface area contributed by atoms with Crippen molar-refractivity contribution in [2.45, 2.75) is 63.5 Å². The lowest BCUT2D eigenvalue weighted by molar-refractivity contribution is -0.383. The quantitative estimate of drug-likeness (QED) is 0.468.